The second kappa shape index (κ2) is 14.3. The number of hydrogen-bond acceptors (Lipinski definition) is 6. The lowest BCUT2D eigenvalue weighted by molar-refractivity contribution is -0.146. The molecule has 2 unspecified atom stereocenters. The lowest BCUT2D eigenvalue weighted by Crippen LogP contribution is -2.60. The van der Waals surface area contributed by atoms with Crippen molar-refractivity contribution in [1.29, 1.82) is 0 Å². The van der Waals surface area contributed by atoms with E-state index < -0.39 is 17.8 Å². The maximum Gasteiger partial charge on any atom is 0.416 e. The van der Waals surface area contributed by atoms with Gasteiger partial charge in [-0.25, -0.2) is 0 Å². The molecule has 8 nitrogen and oxygen atoms in total. The van der Waals surface area contributed by atoms with E-state index in [9.17, 15) is 22.8 Å². The summed E-state index contributed by atoms with van der Waals surface area (Å²) in [7, 11) is 1.59. The van der Waals surface area contributed by atoms with Crippen molar-refractivity contribution in [3.8, 4) is 0 Å². The van der Waals surface area contributed by atoms with Crippen molar-refractivity contribution in [2.24, 2.45) is 0 Å². The molecule has 0 bridgehead atoms. The van der Waals surface area contributed by atoms with Crippen molar-refractivity contribution in [2.45, 2.75) is 38.1 Å². The molecular formula is C29H36Cl2F3N5O3. The average molecular weight is 631 g/mol. The Morgan fingerprint density at radius 1 is 1.07 bits per heavy atom. The third kappa shape index (κ3) is 8.08. The van der Waals surface area contributed by atoms with E-state index in [-0.39, 0.29) is 30.8 Å². The quantitative estimate of drug-likeness (QED) is 0.416. The number of carbonyl (C=O) groups is 2. The number of rotatable bonds is 10. The maximum atomic E-state index is 13.9. The number of nitrogens with one attached hydrogen (secondary N) is 2. The zero-order chi connectivity index (χ0) is 30.4. The van der Waals surface area contributed by atoms with Gasteiger partial charge >= 0.3 is 6.18 Å². The average Bonchev–Trinajstić information content (AvgIpc) is 2.95. The van der Waals surface area contributed by atoms with E-state index in [1.165, 1.54) is 12.1 Å². The Bertz CT molecular complexity index is 1260. The molecule has 2 saturated heterocycles. The molecule has 2 aliphatic heterocycles. The van der Waals surface area contributed by atoms with Crippen LogP contribution in [0.15, 0.2) is 36.4 Å². The number of hydrogen-bond donors (Lipinski definition) is 2. The second-order valence-corrected chi connectivity index (χ2v) is 11.5. The van der Waals surface area contributed by atoms with Gasteiger partial charge in [-0.1, -0.05) is 35.3 Å². The standard InChI is InChI=1S/C29H36Cl2F3N5O3/c1-19(18-42-2)36-16-21-3-5-22(29(32,33)34)14-25(21)37-9-11-38(12-10-37)28(41)26(39-8-7-35-17-27(39)40)13-20-4-6-23(30)15-24(20)31/h3-6,14-15,19,26,35-36H,7-13,16-18H2,1-2H3. The van der Waals surface area contributed by atoms with Crippen molar-refractivity contribution < 1.29 is 27.5 Å². The summed E-state index contributed by atoms with van der Waals surface area (Å²) in [4.78, 5) is 31.9. The Morgan fingerprint density at radius 3 is 2.43 bits per heavy atom. The predicted octanol–water partition coefficient (Wildman–Crippen LogP) is 3.83. The Morgan fingerprint density at radius 2 is 1.79 bits per heavy atom. The molecule has 2 fully saturated rings. The molecule has 2 atom stereocenters. The van der Waals surface area contributed by atoms with Crippen LogP contribution in [-0.4, -0.2) is 93.2 Å². The Labute approximate surface area is 254 Å². The molecule has 2 heterocycles. The number of ether oxygens (including phenoxy) is 1. The summed E-state index contributed by atoms with van der Waals surface area (Å²) in [5.41, 5.74) is 1.19. The van der Waals surface area contributed by atoms with Crippen molar-refractivity contribution >= 4 is 40.7 Å². The molecule has 0 aliphatic carbocycles. The highest BCUT2D eigenvalue weighted by atomic mass is 35.5. The molecule has 13 heteroatoms. The molecule has 2 aliphatic rings. The molecule has 2 N–H and O–H groups in total. The van der Waals surface area contributed by atoms with Gasteiger partial charge in [-0.15, -0.1) is 0 Å². The first-order valence-corrected chi connectivity index (χ1v) is 14.6. The fourth-order valence-corrected chi connectivity index (χ4v) is 5.82. The molecule has 2 aromatic carbocycles. The molecule has 2 aromatic rings. The minimum absolute atomic E-state index is 0.0124. The highest BCUT2D eigenvalue weighted by Gasteiger charge is 2.37. The minimum atomic E-state index is -4.48. The van der Waals surface area contributed by atoms with Crippen LogP contribution in [0.1, 0.15) is 23.6 Å². The summed E-state index contributed by atoms with van der Waals surface area (Å²) >= 11 is 12.5. The van der Waals surface area contributed by atoms with E-state index in [1.54, 1.807) is 35.1 Å². The number of carbonyl (C=O) groups excluding carboxylic acids is 2. The smallest absolute Gasteiger partial charge is 0.383 e. The van der Waals surface area contributed by atoms with Crippen molar-refractivity contribution in [3.05, 3.63) is 63.1 Å². The van der Waals surface area contributed by atoms with Crippen molar-refractivity contribution in [2.75, 3.05) is 64.4 Å². The summed E-state index contributed by atoms with van der Waals surface area (Å²) in [5, 5.41) is 7.21. The van der Waals surface area contributed by atoms with Gasteiger partial charge in [-0.2, -0.15) is 13.2 Å². The van der Waals surface area contributed by atoms with Gasteiger partial charge in [0.2, 0.25) is 11.8 Å². The number of nitrogens with zero attached hydrogens (tertiary/aromatic N) is 3. The molecule has 0 saturated carbocycles. The van der Waals surface area contributed by atoms with Crippen LogP contribution in [0.2, 0.25) is 10.0 Å². The second-order valence-electron chi connectivity index (χ2n) is 10.6. The summed E-state index contributed by atoms with van der Waals surface area (Å²) in [6, 6.07) is 8.09. The largest absolute Gasteiger partial charge is 0.416 e. The molecule has 0 spiro atoms. The molecule has 0 aromatic heterocycles. The minimum Gasteiger partial charge on any atom is -0.383 e. The van der Waals surface area contributed by atoms with Crippen LogP contribution >= 0.6 is 23.2 Å². The van der Waals surface area contributed by atoms with Crippen LogP contribution in [-0.2, 0) is 33.5 Å². The zero-order valence-electron chi connectivity index (χ0n) is 23.6. The van der Waals surface area contributed by atoms with E-state index in [1.807, 2.05) is 11.8 Å². The Balaban J connectivity index is 1.52. The fraction of sp³-hybridized carbons (Fsp3) is 0.517. The van der Waals surface area contributed by atoms with Crippen molar-refractivity contribution in [3.63, 3.8) is 0 Å². The normalized spacial score (nSPS) is 17.9. The van der Waals surface area contributed by atoms with Gasteiger partial charge in [0.1, 0.15) is 6.04 Å². The monoisotopic (exact) mass is 629 g/mol. The maximum absolute atomic E-state index is 13.9. The number of halogens is 5. The molecule has 4 rings (SSSR count). The first-order chi connectivity index (χ1) is 20.0. The number of piperazine rings is 2. The molecular weight excluding hydrogens is 594 g/mol. The lowest BCUT2D eigenvalue weighted by atomic mass is 10.0. The molecule has 230 valence electrons. The van der Waals surface area contributed by atoms with Crippen LogP contribution in [0.4, 0.5) is 18.9 Å². The fourth-order valence-electron chi connectivity index (χ4n) is 5.33. The predicted molar refractivity (Wildman–Crippen MR) is 157 cm³/mol. The van der Waals surface area contributed by atoms with E-state index in [2.05, 4.69) is 10.6 Å². The number of alkyl halides is 3. The van der Waals surface area contributed by atoms with Crippen LogP contribution < -0.4 is 15.5 Å². The zero-order valence-corrected chi connectivity index (χ0v) is 25.2. The van der Waals surface area contributed by atoms with Crippen LogP contribution in [0.5, 0.6) is 0 Å². The number of methoxy groups -OCH3 is 1. The topological polar surface area (TPSA) is 77.2 Å². The number of amides is 2. The van der Waals surface area contributed by atoms with E-state index in [4.69, 9.17) is 27.9 Å². The van der Waals surface area contributed by atoms with Gasteiger partial charge in [0.15, 0.2) is 0 Å². The van der Waals surface area contributed by atoms with Gasteiger partial charge < -0.3 is 30.1 Å². The van der Waals surface area contributed by atoms with E-state index in [0.29, 0.717) is 73.7 Å². The number of anilines is 1. The summed E-state index contributed by atoms with van der Waals surface area (Å²) < 4.78 is 46.0. The molecule has 42 heavy (non-hydrogen) atoms. The van der Waals surface area contributed by atoms with Crippen molar-refractivity contribution in [1.82, 2.24) is 20.4 Å². The molecule has 2 amide bonds. The summed E-state index contributed by atoms with van der Waals surface area (Å²) in [6.07, 6.45) is -4.25. The van der Waals surface area contributed by atoms with E-state index in [0.717, 1.165) is 11.6 Å². The summed E-state index contributed by atoms with van der Waals surface area (Å²) in [5.74, 6) is -0.387. The lowest BCUT2D eigenvalue weighted by Gasteiger charge is -2.41. The van der Waals surface area contributed by atoms with Gasteiger partial charge in [0.05, 0.1) is 18.7 Å². The first kappa shape index (κ1) is 32.3. The van der Waals surface area contributed by atoms with Crippen LogP contribution in [0.25, 0.3) is 0 Å². The molecule has 0 radical (unpaired) electrons. The highest BCUT2D eigenvalue weighted by Crippen LogP contribution is 2.34. The van der Waals surface area contributed by atoms with E-state index >= 15 is 0 Å². The van der Waals surface area contributed by atoms with Gasteiger partial charge in [0, 0.05) is 81.1 Å². The van der Waals surface area contributed by atoms with Gasteiger partial charge in [-0.3, -0.25) is 9.59 Å². The van der Waals surface area contributed by atoms with Gasteiger partial charge in [0.25, 0.3) is 0 Å². The highest BCUT2D eigenvalue weighted by molar-refractivity contribution is 6.35. The Hall–Kier alpha value is -2.57. The third-order valence-corrected chi connectivity index (χ3v) is 8.20. The SMILES string of the molecule is COCC(C)NCc1ccc(C(F)(F)F)cc1N1CCN(C(=O)C(Cc2ccc(Cl)cc2Cl)N2CCNCC2=O)CC1. The third-order valence-electron chi connectivity index (χ3n) is 7.62. The summed E-state index contributed by atoms with van der Waals surface area (Å²) in [6.45, 7) is 5.14. The van der Waals surface area contributed by atoms with Crippen LogP contribution in [0.3, 0.4) is 0 Å². The van der Waals surface area contributed by atoms with Crippen LogP contribution in [0, 0.1) is 0 Å². The first-order valence-electron chi connectivity index (χ1n) is 13.9. The number of benzene rings is 2. The Kier molecular flexibility index (Phi) is 11.0. The van der Waals surface area contributed by atoms with Gasteiger partial charge in [-0.05, 0) is 42.3 Å².